The van der Waals surface area contributed by atoms with Crippen LogP contribution in [-0.4, -0.2) is 47.9 Å². The van der Waals surface area contributed by atoms with E-state index in [2.05, 4.69) is 6.92 Å². The maximum absolute atomic E-state index is 13.7. The average Bonchev–Trinajstić information content (AvgIpc) is 3.35. The zero-order valence-corrected chi connectivity index (χ0v) is 18.8. The molecule has 0 saturated carbocycles. The summed E-state index contributed by atoms with van der Waals surface area (Å²) in [6.45, 7) is 5.06. The smallest absolute Gasteiger partial charge is 0.319 e. The number of amides is 3. The van der Waals surface area contributed by atoms with E-state index < -0.39 is 0 Å². The van der Waals surface area contributed by atoms with Crippen molar-refractivity contribution in [3.8, 4) is 0 Å². The molecule has 0 radical (unpaired) electrons. The maximum Gasteiger partial charge on any atom is 0.319 e. The standard InChI is InChI=1S/C25H30ClN3O2/c1-19(20-9-11-22(26)12-10-20)29(23-7-3-2-4-8-23)24(30)21-13-17-28(18-14-21)25(31)27-15-5-6-16-27/h2-4,7-12,19,21H,5-6,13-18H2,1H3/t19-/m0/s1. The molecule has 2 aliphatic rings. The van der Waals surface area contributed by atoms with Gasteiger partial charge in [-0.2, -0.15) is 0 Å². The molecule has 1 atom stereocenters. The van der Waals surface area contributed by atoms with E-state index >= 15 is 0 Å². The third-order valence-electron chi connectivity index (χ3n) is 6.50. The lowest BCUT2D eigenvalue weighted by atomic mass is 9.93. The normalized spacial score (nSPS) is 18.1. The number of hydrogen-bond acceptors (Lipinski definition) is 2. The number of halogens is 1. The lowest BCUT2D eigenvalue weighted by molar-refractivity contribution is -0.124. The Morgan fingerprint density at radius 3 is 2.10 bits per heavy atom. The van der Waals surface area contributed by atoms with Gasteiger partial charge in [-0.3, -0.25) is 4.79 Å². The molecule has 2 saturated heterocycles. The van der Waals surface area contributed by atoms with E-state index in [1.165, 1.54) is 0 Å². The topological polar surface area (TPSA) is 43.9 Å². The molecule has 5 nitrogen and oxygen atoms in total. The first kappa shape index (κ1) is 21.7. The van der Waals surface area contributed by atoms with Crippen molar-refractivity contribution in [1.82, 2.24) is 9.80 Å². The van der Waals surface area contributed by atoms with Crippen molar-refractivity contribution in [2.75, 3.05) is 31.1 Å². The second kappa shape index (κ2) is 9.73. The number of rotatable bonds is 4. The van der Waals surface area contributed by atoms with E-state index in [9.17, 15) is 9.59 Å². The molecular formula is C25H30ClN3O2. The predicted octanol–water partition coefficient (Wildman–Crippen LogP) is 5.36. The number of piperidine rings is 1. The predicted molar refractivity (Wildman–Crippen MR) is 124 cm³/mol. The van der Waals surface area contributed by atoms with Gasteiger partial charge >= 0.3 is 6.03 Å². The molecule has 31 heavy (non-hydrogen) atoms. The summed E-state index contributed by atoms with van der Waals surface area (Å²) in [4.78, 5) is 32.2. The molecule has 164 valence electrons. The summed E-state index contributed by atoms with van der Waals surface area (Å²) >= 11 is 6.07. The van der Waals surface area contributed by atoms with Crippen LogP contribution in [0, 0.1) is 5.92 Å². The van der Waals surface area contributed by atoms with Crippen LogP contribution in [0.25, 0.3) is 0 Å². The summed E-state index contributed by atoms with van der Waals surface area (Å²) < 4.78 is 0. The minimum Gasteiger partial charge on any atom is -0.325 e. The van der Waals surface area contributed by atoms with Crippen LogP contribution >= 0.6 is 11.6 Å². The second-order valence-corrected chi connectivity index (χ2v) is 8.95. The quantitative estimate of drug-likeness (QED) is 0.643. The van der Waals surface area contributed by atoms with Gasteiger partial charge in [-0.25, -0.2) is 4.79 Å². The van der Waals surface area contributed by atoms with Gasteiger partial charge in [-0.1, -0.05) is 41.9 Å². The number of para-hydroxylation sites is 1. The highest BCUT2D eigenvalue weighted by atomic mass is 35.5. The maximum atomic E-state index is 13.7. The second-order valence-electron chi connectivity index (χ2n) is 8.51. The third kappa shape index (κ3) is 4.87. The molecule has 2 heterocycles. The van der Waals surface area contributed by atoms with E-state index in [0.717, 1.165) is 37.2 Å². The van der Waals surface area contributed by atoms with Crippen molar-refractivity contribution < 1.29 is 9.59 Å². The highest BCUT2D eigenvalue weighted by molar-refractivity contribution is 6.30. The molecule has 0 aromatic heterocycles. The van der Waals surface area contributed by atoms with Crippen LogP contribution in [0.1, 0.15) is 44.2 Å². The van der Waals surface area contributed by atoms with Gasteiger partial charge in [-0.05, 0) is 62.4 Å². The fraction of sp³-hybridized carbons (Fsp3) is 0.440. The van der Waals surface area contributed by atoms with Crippen LogP contribution in [0.4, 0.5) is 10.5 Å². The first-order valence-electron chi connectivity index (χ1n) is 11.2. The molecule has 2 aromatic rings. The van der Waals surface area contributed by atoms with Gasteiger partial charge in [-0.15, -0.1) is 0 Å². The SMILES string of the molecule is C[C@@H](c1ccc(Cl)cc1)N(C(=O)C1CCN(C(=O)N2CCCC2)CC1)c1ccccc1. The van der Waals surface area contributed by atoms with Gasteiger partial charge in [0, 0.05) is 42.8 Å². The Labute approximate surface area is 189 Å². The Morgan fingerprint density at radius 2 is 1.48 bits per heavy atom. The lowest BCUT2D eigenvalue weighted by Gasteiger charge is -2.38. The number of carbonyl (C=O) groups excluding carboxylic acids is 2. The van der Waals surface area contributed by atoms with Crippen LogP contribution in [-0.2, 0) is 4.79 Å². The molecule has 0 bridgehead atoms. The van der Waals surface area contributed by atoms with E-state index in [1.807, 2.05) is 69.3 Å². The molecule has 6 heteroatoms. The summed E-state index contributed by atoms with van der Waals surface area (Å²) in [7, 11) is 0. The minimum absolute atomic E-state index is 0.0856. The highest BCUT2D eigenvalue weighted by Crippen LogP contribution is 2.32. The summed E-state index contributed by atoms with van der Waals surface area (Å²) in [5.74, 6) is 0.0412. The van der Waals surface area contributed by atoms with Gasteiger partial charge in [0.1, 0.15) is 0 Å². The van der Waals surface area contributed by atoms with E-state index in [0.29, 0.717) is 31.0 Å². The number of nitrogens with zero attached hydrogens (tertiary/aromatic N) is 3. The van der Waals surface area contributed by atoms with Gasteiger partial charge in [0.05, 0.1) is 6.04 Å². The van der Waals surface area contributed by atoms with Crippen molar-refractivity contribution in [2.45, 2.75) is 38.6 Å². The molecule has 0 N–H and O–H groups in total. The molecule has 4 rings (SSSR count). The fourth-order valence-corrected chi connectivity index (χ4v) is 4.77. The summed E-state index contributed by atoms with van der Waals surface area (Å²) in [6, 6.07) is 17.6. The van der Waals surface area contributed by atoms with Gasteiger partial charge < -0.3 is 14.7 Å². The highest BCUT2D eigenvalue weighted by Gasteiger charge is 2.34. The molecule has 2 fully saturated rings. The molecule has 0 aliphatic carbocycles. The zero-order valence-electron chi connectivity index (χ0n) is 18.0. The van der Waals surface area contributed by atoms with Crippen LogP contribution < -0.4 is 4.90 Å². The molecule has 2 aliphatic heterocycles. The Bertz CT molecular complexity index is 889. The van der Waals surface area contributed by atoms with Crippen LogP contribution in [0.2, 0.25) is 5.02 Å². The van der Waals surface area contributed by atoms with Gasteiger partial charge in [0.2, 0.25) is 5.91 Å². The number of hydrogen-bond donors (Lipinski definition) is 0. The van der Waals surface area contributed by atoms with Crippen LogP contribution in [0.15, 0.2) is 54.6 Å². The van der Waals surface area contributed by atoms with Crippen molar-refractivity contribution >= 4 is 29.2 Å². The Kier molecular flexibility index (Phi) is 6.81. The van der Waals surface area contributed by atoms with Crippen molar-refractivity contribution in [3.05, 3.63) is 65.2 Å². The molecule has 0 spiro atoms. The Morgan fingerprint density at radius 1 is 0.903 bits per heavy atom. The zero-order chi connectivity index (χ0) is 21.8. The summed E-state index contributed by atoms with van der Waals surface area (Å²) in [6.07, 6.45) is 3.59. The number of carbonyl (C=O) groups is 2. The van der Waals surface area contributed by atoms with Gasteiger partial charge in [0.25, 0.3) is 0 Å². The number of likely N-dealkylation sites (tertiary alicyclic amines) is 2. The number of urea groups is 1. The Hall–Kier alpha value is -2.53. The largest absolute Gasteiger partial charge is 0.325 e. The molecule has 3 amide bonds. The molecule has 0 unspecified atom stereocenters. The average molecular weight is 440 g/mol. The van der Waals surface area contributed by atoms with E-state index in [-0.39, 0.29) is 23.9 Å². The van der Waals surface area contributed by atoms with Crippen molar-refractivity contribution in [2.24, 2.45) is 5.92 Å². The lowest BCUT2D eigenvalue weighted by Crippen LogP contribution is -2.48. The first-order valence-corrected chi connectivity index (χ1v) is 11.6. The van der Waals surface area contributed by atoms with Gasteiger partial charge in [0.15, 0.2) is 0 Å². The van der Waals surface area contributed by atoms with Crippen molar-refractivity contribution in [3.63, 3.8) is 0 Å². The Balaban J connectivity index is 1.49. The first-order chi connectivity index (χ1) is 15.0. The summed E-state index contributed by atoms with van der Waals surface area (Å²) in [5, 5.41) is 0.684. The number of anilines is 1. The summed E-state index contributed by atoms with van der Waals surface area (Å²) in [5.41, 5.74) is 1.94. The number of benzene rings is 2. The molecule has 2 aromatic carbocycles. The molecular weight excluding hydrogens is 410 g/mol. The third-order valence-corrected chi connectivity index (χ3v) is 6.75. The monoisotopic (exact) mass is 439 g/mol. The van der Waals surface area contributed by atoms with E-state index in [1.54, 1.807) is 0 Å². The van der Waals surface area contributed by atoms with Crippen LogP contribution in [0.5, 0.6) is 0 Å². The van der Waals surface area contributed by atoms with Crippen LogP contribution in [0.3, 0.4) is 0 Å². The minimum atomic E-state index is -0.114. The van der Waals surface area contributed by atoms with E-state index in [4.69, 9.17) is 11.6 Å². The fourth-order valence-electron chi connectivity index (χ4n) is 4.64. The van der Waals surface area contributed by atoms with Crippen molar-refractivity contribution in [1.29, 1.82) is 0 Å².